The lowest BCUT2D eigenvalue weighted by Gasteiger charge is -2.24. The predicted molar refractivity (Wildman–Crippen MR) is 86.2 cm³/mol. The van der Waals surface area contributed by atoms with Crippen LogP contribution in [0.1, 0.15) is 41.3 Å². The molecule has 2 rings (SSSR count). The summed E-state index contributed by atoms with van der Waals surface area (Å²) in [6, 6.07) is 3.71. The Hall–Kier alpha value is -1.88. The van der Waals surface area contributed by atoms with Gasteiger partial charge in [-0.15, -0.1) is 0 Å². The molecule has 1 N–H and O–H groups in total. The van der Waals surface area contributed by atoms with Crippen molar-refractivity contribution in [1.82, 2.24) is 4.90 Å². The molecule has 1 amide bonds. The Morgan fingerprint density at radius 1 is 1.27 bits per heavy atom. The summed E-state index contributed by atoms with van der Waals surface area (Å²) in [6.45, 7) is 5.88. The number of rotatable bonds is 5. The number of carbonyl (C=O) groups is 2. The van der Waals surface area contributed by atoms with Gasteiger partial charge in [-0.05, 0) is 64.9 Å². The van der Waals surface area contributed by atoms with Crippen LogP contribution in [0.25, 0.3) is 0 Å². The van der Waals surface area contributed by atoms with E-state index in [4.69, 9.17) is 4.74 Å². The molecule has 0 unspecified atom stereocenters. The van der Waals surface area contributed by atoms with Gasteiger partial charge in [0.05, 0.1) is 17.9 Å². The number of nitrogens with one attached hydrogen (secondary N) is 1. The van der Waals surface area contributed by atoms with Crippen LogP contribution in [-0.4, -0.2) is 43.0 Å². The highest BCUT2D eigenvalue weighted by Gasteiger charge is 2.52. The van der Waals surface area contributed by atoms with E-state index < -0.39 is 11.5 Å². The molecule has 120 valence electrons. The average molecular weight is 304 g/mol. The zero-order valence-corrected chi connectivity index (χ0v) is 13.9. The zero-order chi connectivity index (χ0) is 16.5. The maximum absolute atomic E-state index is 12.6. The second kappa shape index (κ2) is 6.08. The first-order chi connectivity index (χ1) is 10.3. The molecule has 5 nitrogen and oxygen atoms in total. The lowest BCUT2D eigenvalue weighted by molar-refractivity contribution is -0.121. The molecule has 0 bridgehead atoms. The Bertz CT molecular complexity index is 604. The maximum atomic E-state index is 12.6. The largest absolute Gasteiger partial charge is 0.462 e. The summed E-state index contributed by atoms with van der Waals surface area (Å²) in [6.07, 6.45) is 1.68. The van der Waals surface area contributed by atoms with Crippen LogP contribution >= 0.6 is 0 Å². The van der Waals surface area contributed by atoms with E-state index >= 15 is 0 Å². The highest BCUT2D eigenvalue weighted by atomic mass is 16.5. The molecule has 22 heavy (non-hydrogen) atoms. The molecule has 0 aromatic heterocycles. The number of hydrogen-bond donors (Lipinski definition) is 1. The lowest BCUT2D eigenvalue weighted by atomic mass is 10.0. The van der Waals surface area contributed by atoms with Crippen molar-refractivity contribution in [2.75, 3.05) is 26.0 Å². The molecule has 0 saturated heterocycles. The minimum Gasteiger partial charge on any atom is -0.462 e. The first-order valence-electron chi connectivity index (χ1n) is 7.59. The molecule has 0 radical (unpaired) electrons. The van der Waals surface area contributed by atoms with Gasteiger partial charge in [-0.1, -0.05) is 6.07 Å². The first kappa shape index (κ1) is 16.5. The molecule has 0 atom stereocenters. The summed E-state index contributed by atoms with van der Waals surface area (Å²) in [5.41, 5.74) is 2.37. The van der Waals surface area contributed by atoms with Gasteiger partial charge in [-0.2, -0.15) is 0 Å². The van der Waals surface area contributed by atoms with Gasteiger partial charge in [0.25, 0.3) is 0 Å². The van der Waals surface area contributed by atoms with Crippen LogP contribution in [0.3, 0.4) is 0 Å². The molecule has 1 aromatic rings. The van der Waals surface area contributed by atoms with Gasteiger partial charge < -0.3 is 10.1 Å². The topological polar surface area (TPSA) is 58.6 Å². The number of likely N-dealkylation sites (N-methyl/N-ethyl adjacent to an activating group) is 1. The van der Waals surface area contributed by atoms with Crippen molar-refractivity contribution in [2.45, 2.75) is 39.2 Å². The molecule has 0 spiro atoms. The fraction of sp³-hybridized carbons (Fsp3) is 0.529. The van der Waals surface area contributed by atoms with Crippen LogP contribution < -0.4 is 5.32 Å². The molecule has 1 aliphatic carbocycles. The van der Waals surface area contributed by atoms with Crippen LogP contribution in [0.2, 0.25) is 0 Å². The van der Waals surface area contributed by atoms with Crippen molar-refractivity contribution >= 4 is 17.6 Å². The van der Waals surface area contributed by atoms with Crippen LogP contribution in [0.4, 0.5) is 5.69 Å². The van der Waals surface area contributed by atoms with Gasteiger partial charge in [0.2, 0.25) is 5.91 Å². The molecular formula is C17H24N2O3. The minimum atomic E-state index is -0.441. The van der Waals surface area contributed by atoms with E-state index in [9.17, 15) is 9.59 Å². The Balaban J connectivity index is 2.34. The van der Waals surface area contributed by atoms with Crippen LogP contribution in [0, 0.1) is 13.8 Å². The SMILES string of the molecule is CCOC(=O)c1cc(C)cc(C)c1NC(=O)C1(N(C)C)CC1. The van der Waals surface area contributed by atoms with Gasteiger partial charge in [0.1, 0.15) is 5.54 Å². The zero-order valence-electron chi connectivity index (χ0n) is 13.9. The number of benzene rings is 1. The van der Waals surface area contributed by atoms with Crippen LogP contribution in [0.15, 0.2) is 12.1 Å². The summed E-state index contributed by atoms with van der Waals surface area (Å²) in [5.74, 6) is -0.464. The van der Waals surface area contributed by atoms with Crippen LogP contribution in [-0.2, 0) is 9.53 Å². The highest BCUT2D eigenvalue weighted by molar-refractivity contribution is 6.06. The Morgan fingerprint density at radius 2 is 1.91 bits per heavy atom. The first-order valence-corrected chi connectivity index (χ1v) is 7.59. The third-order valence-electron chi connectivity index (χ3n) is 4.22. The fourth-order valence-electron chi connectivity index (χ4n) is 2.73. The Labute approximate surface area is 131 Å². The van der Waals surface area contributed by atoms with Crippen molar-refractivity contribution in [3.63, 3.8) is 0 Å². The van der Waals surface area contributed by atoms with Gasteiger partial charge >= 0.3 is 5.97 Å². The van der Waals surface area contributed by atoms with Gasteiger partial charge in [-0.3, -0.25) is 9.69 Å². The number of hydrogen-bond acceptors (Lipinski definition) is 4. The van der Waals surface area contributed by atoms with Crippen molar-refractivity contribution in [3.05, 3.63) is 28.8 Å². The van der Waals surface area contributed by atoms with E-state index in [0.29, 0.717) is 17.9 Å². The van der Waals surface area contributed by atoms with E-state index in [1.807, 2.05) is 38.9 Å². The number of esters is 1. The number of amides is 1. The maximum Gasteiger partial charge on any atom is 0.340 e. The number of aryl methyl sites for hydroxylation is 2. The second-order valence-electron chi connectivity index (χ2n) is 6.10. The average Bonchev–Trinajstić information content (AvgIpc) is 3.23. The predicted octanol–water partition coefficient (Wildman–Crippen LogP) is 2.51. The van der Waals surface area contributed by atoms with E-state index in [1.54, 1.807) is 13.0 Å². The molecule has 5 heteroatoms. The van der Waals surface area contributed by atoms with Crippen molar-refractivity contribution in [3.8, 4) is 0 Å². The van der Waals surface area contributed by atoms with Crippen molar-refractivity contribution in [2.24, 2.45) is 0 Å². The van der Waals surface area contributed by atoms with Crippen LogP contribution in [0.5, 0.6) is 0 Å². The number of carbonyl (C=O) groups excluding carboxylic acids is 2. The monoisotopic (exact) mass is 304 g/mol. The smallest absolute Gasteiger partial charge is 0.340 e. The van der Waals surface area contributed by atoms with E-state index in [-0.39, 0.29) is 5.91 Å². The molecule has 0 heterocycles. The van der Waals surface area contributed by atoms with E-state index in [1.165, 1.54) is 0 Å². The molecule has 1 aliphatic rings. The molecular weight excluding hydrogens is 280 g/mol. The second-order valence-corrected chi connectivity index (χ2v) is 6.10. The van der Waals surface area contributed by atoms with Gasteiger partial charge in [0, 0.05) is 0 Å². The minimum absolute atomic E-state index is 0.0602. The Kier molecular flexibility index (Phi) is 4.56. The molecule has 1 saturated carbocycles. The third-order valence-corrected chi connectivity index (χ3v) is 4.22. The van der Waals surface area contributed by atoms with E-state index in [2.05, 4.69) is 5.32 Å². The molecule has 1 fully saturated rings. The highest BCUT2D eigenvalue weighted by Crippen LogP contribution is 2.41. The number of ether oxygens (including phenoxy) is 1. The number of anilines is 1. The summed E-state index contributed by atoms with van der Waals surface area (Å²) >= 11 is 0. The van der Waals surface area contributed by atoms with E-state index in [0.717, 1.165) is 24.0 Å². The summed E-state index contributed by atoms with van der Waals surface area (Å²) in [5, 5.41) is 2.95. The third kappa shape index (κ3) is 2.99. The fourth-order valence-corrected chi connectivity index (χ4v) is 2.73. The van der Waals surface area contributed by atoms with Crippen molar-refractivity contribution < 1.29 is 14.3 Å². The Morgan fingerprint density at radius 3 is 2.41 bits per heavy atom. The quantitative estimate of drug-likeness (QED) is 0.849. The standard InChI is InChI=1S/C17H24N2O3/c1-6-22-15(20)13-10-11(2)9-12(3)14(13)18-16(21)17(7-8-17)19(4)5/h9-10H,6-8H2,1-5H3,(H,18,21). The normalized spacial score (nSPS) is 15.5. The van der Waals surface area contributed by atoms with Gasteiger partial charge in [-0.25, -0.2) is 4.79 Å². The summed E-state index contributed by atoms with van der Waals surface area (Å²) < 4.78 is 5.11. The molecule has 1 aromatic carbocycles. The summed E-state index contributed by atoms with van der Waals surface area (Å²) in [4.78, 5) is 26.7. The summed E-state index contributed by atoms with van der Waals surface area (Å²) in [7, 11) is 3.81. The van der Waals surface area contributed by atoms with Crippen molar-refractivity contribution in [1.29, 1.82) is 0 Å². The number of nitrogens with zero attached hydrogens (tertiary/aromatic N) is 1. The molecule has 0 aliphatic heterocycles. The van der Waals surface area contributed by atoms with Gasteiger partial charge in [0.15, 0.2) is 0 Å². The lowest BCUT2D eigenvalue weighted by Crippen LogP contribution is -2.42.